The van der Waals surface area contributed by atoms with Crippen molar-refractivity contribution < 1.29 is 8.78 Å². The van der Waals surface area contributed by atoms with E-state index in [-0.39, 0.29) is 0 Å². The second-order valence-corrected chi connectivity index (χ2v) is 5.76. The molecule has 0 amide bonds. The van der Waals surface area contributed by atoms with Crippen molar-refractivity contribution in [3.05, 3.63) is 29.8 Å². The average molecular weight is 309 g/mol. The first-order chi connectivity index (χ1) is 7.63. The van der Waals surface area contributed by atoms with E-state index >= 15 is 0 Å². The van der Waals surface area contributed by atoms with Crippen LogP contribution in [0.3, 0.4) is 0 Å². The van der Waals surface area contributed by atoms with Gasteiger partial charge in [0.2, 0.25) is 0 Å². The van der Waals surface area contributed by atoms with Gasteiger partial charge in [0, 0.05) is 10.2 Å². The second kappa shape index (κ2) is 7.28. The van der Waals surface area contributed by atoms with Crippen LogP contribution in [0.4, 0.5) is 8.78 Å². The Morgan fingerprint density at radius 1 is 1.25 bits per heavy atom. The molecule has 0 heterocycles. The summed E-state index contributed by atoms with van der Waals surface area (Å²) < 4.78 is 25.6. The first-order valence-electron chi connectivity index (χ1n) is 5.27. The summed E-state index contributed by atoms with van der Waals surface area (Å²) in [6, 6.07) is 4.06. The fraction of sp³-hybridized carbons (Fsp3) is 0.500. The van der Waals surface area contributed by atoms with Gasteiger partial charge in [-0.25, -0.2) is 8.78 Å². The third-order valence-corrected chi connectivity index (χ3v) is 3.86. The van der Waals surface area contributed by atoms with Crippen LogP contribution in [0.25, 0.3) is 0 Å². The molecular weight excluding hydrogens is 294 g/mol. The fourth-order valence-corrected chi connectivity index (χ4v) is 3.16. The van der Waals surface area contributed by atoms with E-state index in [2.05, 4.69) is 22.9 Å². The monoisotopic (exact) mass is 308 g/mol. The van der Waals surface area contributed by atoms with Gasteiger partial charge in [-0.05, 0) is 42.7 Å². The van der Waals surface area contributed by atoms with Crippen LogP contribution in [0, 0.1) is 17.6 Å². The SMILES string of the molecule is CC(CCBr)CCSc1ccc(F)c(F)c1. The van der Waals surface area contributed by atoms with Gasteiger partial charge in [-0.1, -0.05) is 22.9 Å². The summed E-state index contributed by atoms with van der Waals surface area (Å²) in [6.07, 6.45) is 2.24. The summed E-state index contributed by atoms with van der Waals surface area (Å²) in [4.78, 5) is 0.796. The summed E-state index contributed by atoms with van der Waals surface area (Å²) in [5, 5.41) is 1.02. The van der Waals surface area contributed by atoms with Gasteiger partial charge in [0.1, 0.15) is 0 Å². The number of hydrogen-bond donors (Lipinski definition) is 0. The molecule has 0 aliphatic heterocycles. The zero-order valence-electron chi connectivity index (χ0n) is 9.18. The predicted molar refractivity (Wildman–Crippen MR) is 69.3 cm³/mol. The Hall–Kier alpha value is -0.0900. The maximum Gasteiger partial charge on any atom is 0.159 e. The van der Waals surface area contributed by atoms with Gasteiger partial charge in [0.25, 0.3) is 0 Å². The van der Waals surface area contributed by atoms with Crippen LogP contribution in [0.1, 0.15) is 19.8 Å². The van der Waals surface area contributed by atoms with Crippen molar-refractivity contribution in [1.82, 2.24) is 0 Å². The van der Waals surface area contributed by atoms with Crippen molar-refractivity contribution in [2.45, 2.75) is 24.7 Å². The Balaban J connectivity index is 2.34. The number of thioether (sulfide) groups is 1. The van der Waals surface area contributed by atoms with Crippen LogP contribution in [0.15, 0.2) is 23.1 Å². The van der Waals surface area contributed by atoms with Crippen LogP contribution >= 0.6 is 27.7 Å². The normalized spacial score (nSPS) is 12.8. The Morgan fingerprint density at radius 3 is 2.62 bits per heavy atom. The van der Waals surface area contributed by atoms with E-state index < -0.39 is 11.6 Å². The van der Waals surface area contributed by atoms with E-state index in [4.69, 9.17) is 0 Å². The lowest BCUT2D eigenvalue weighted by Gasteiger charge is -2.08. The Labute approximate surface area is 108 Å². The van der Waals surface area contributed by atoms with Gasteiger partial charge in [0.05, 0.1) is 0 Å². The summed E-state index contributed by atoms with van der Waals surface area (Å²) in [6.45, 7) is 2.20. The molecule has 0 aliphatic rings. The smallest absolute Gasteiger partial charge is 0.159 e. The fourth-order valence-electron chi connectivity index (χ4n) is 1.28. The van der Waals surface area contributed by atoms with Crippen molar-refractivity contribution >= 4 is 27.7 Å². The van der Waals surface area contributed by atoms with Crippen molar-refractivity contribution in [3.63, 3.8) is 0 Å². The molecule has 0 nitrogen and oxygen atoms in total. The molecule has 0 saturated carbocycles. The van der Waals surface area contributed by atoms with Gasteiger partial charge >= 0.3 is 0 Å². The number of rotatable bonds is 6. The summed E-state index contributed by atoms with van der Waals surface area (Å²) in [7, 11) is 0. The Kier molecular flexibility index (Phi) is 6.36. The minimum atomic E-state index is -0.781. The average Bonchev–Trinajstić information content (AvgIpc) is 2.24. The van der Waals surface area contributed by atoms with Crippen molar-refractivity contribution in [3.8, 4) is 0 Å². The highest BCUT2D eigenvalue weighted by molar-refractivity contribution is 9.09. The molecule has 1 rings (SSSR count). The van der Waals surface area contributed by atoms with Crippen molar-refractivity contribution in [2.75, 3.05) is 11.1 Å². The van der Waals surface area contributed by atoms with E-state index in [1.165, 1.54) is 12.1 Å². The molecule has 0 N–H and O–H groups in total. The lowest BCUT2D eigenvalue weighted by atomic mass is 10.1. The van der Waals surface area contributed by atoms with Crippen molar-refractivity contribution in [1.29, 1.82) is 0 Å². The molecule has 0 saturated heterocycles. The van der Waals surface area contributed by atoms with Gasteiger partial charge in [-0.2, -0.15) is 0 Å². The highest BCUT2D eigenvalue weighted by atomic mass is 79.9. The van der Waals surface area contributed by atoms with Crippen LogP contribution in [0.2, 0.25) is 0 Å². The van der Waals surface area contributed by atoms with Crippen LogP contribution < -0.4 is 0 Å². The first kappa shape index (κ1) is 14.0. The Bertz CT molecular complexity index is 331. The molecule has 0 bridgehead atoms. The van der Waals surface area contributed by atoms with Crippen molar-refractivity contribution in [2.24, 2.45) is 5.92 Å². The van der Waals surface area contributed by atoms with E-state index in [0.717, 1.165) is 28.8 Å². The quantitative estimate of drug-likeness (QED) is 0.534. The Morgan fingerprint density at radius 2 is 2.00 bits per heavy atom. The second-order valence-electron chi connectivity index (χ2n) is 3.80. The van der Waals surface area contributed by atoms with E-state index in [0.29, 0.717) is 5.92 Å². The number of benzene rings is 1. The molecule has 90 valence electrons. The molecular formula is C12H15BrF2S. The van der Waals surface area contributed by atoms with Crippen LogP contribution in [0.5, 0.6) is 0 Å². The standard InChI is InChI=1S/C12H15BrF2S/c1-9(4-6-13)5-7-16-10-2-3-11(14)12(15)8-10/h2-3,8-9H,4-7H2,1H3. The van der Waals surface area contributed by atoms with Crippen LogP contribution in [-0.4, -0.2) is 11.1 Å². The van der Waals surface area contributed by atoms with Gasteiger partial charge in [-0.3, -0.25) is 0 Å². The lowest BCUT2D eigenvalue weighted by molar-refractivity contribution is 0.506. The van der Waals surface area contributed by atoms with Gasteiger partial charge < -0.3 is 0 Å². The zero-order chi connectivity index (χ0) is 12.0. The molecule has 0 radical (unpaired) electrons. The zero-order valence-corrected chi connectivity index (χ0v) is 11.6. The van der Waals surface area contributed by atoms with Gasteiger partial charge in [-0.15, -0.1) is 11.8 Å². The molecule has 1 aromatic rings. The van der Waals surface area contributed by atoms with E-state index in [9.17, 15) is 8.78 Å². The maximum atomic E-state index is 12.9. The molecule has 1 atom stereocenters. The molecule has 16 heavy (non-hydrogen) atoms. The first-order valence-corrected chi connectivity index (χ1v) is 7.38. The highest BCUT2D eigenvalue weighted by Crippen LogP contribution is 2.23. The van der Waals surface area contributed by atoms with Gasteiger partial charge in [0.15, 0.2) is 11.6 Å². The number of halogens is 3. The third kappa shape index (κ3) is 4.83. The minimum Gasteiger partial charge on any atom is -0.204 e. The molecule has 0 spiro atoms. The summed E-state index contributed by atoms with van der Waals surface area (Å²) in [5.41, 5.74) is 0. The molecule has 1 unspecified atom stereocenters. The largest absolute Gasteiger partial charge is 0.204 e. The van der Waals surface area contributed by atoms with E-state index in [1.807, 2.05) is 0 Å². The summed E-state index contributed by atoms with van der Waals surface area (Å²) >= 11 is 4.98. The lowest BCUT2D eigenvalue weighted by Crippen LogP contribution is -1.97. The third-order valence-electron chi connectivity index (χ3n) is 2.37. The molecule has 0 fully saturated rings. The predicted octanol–water partition coefficient (Wildman–Crippen LogP) is 4.87. The molecule has 0 aromatic heterocycles. The molecule has 4 heteroatoms. The molecule has 1 aromatic carbocycles. The number of hydrogen-bond acceptors (Lipinski definition) is 1. The number of alkyl halides is 1. The van der Waals surface area contributed by atoms with Crippen LogP contribution in [-0.2, 0) is 0 Å². The minimum absolute atomic E-state index is 0.664. The maximum absolute atomic E-state index is 12.9. The molecule has 0 aliphatic carbocycles. The van der Waals surface area contributed by atoms with E-state index in [1.54, 1.807) is 17.8 Å². The highest BCUT2D eigenvalue weighted by Gasteiger charge is 2.04. The topological polar surface area (TPSA) is 0 Å². The summed E-state index contributed by atoms with van der Waals surface area (Å²) in [5.74, 6) is 0.0619.